The molecule has 0 atom stereocenters. The summed E-state index contributed by atoms with van der Waals surface area (Å²) in [5, 5.41) is 7.22. The standard InChI is InChI=1S/C17H18N4O3S/c22-17-20(14-8-7-11-15-9-3-1-4-10-15)18-19-21(17)25(23,24)16-12-5-2-6-13-16/h1-6,9-10,12-13H,7-8,11,14H2. The summed E-state index contributed by atoms with van der Waals surface area (Å²) in [6.45, 7) is 0.329. The molecule has 0 saturated carbocycles. The quantitative estimate of drug-likeness (QED) is 0.600. The molecule has 3 rings (SSSR count). The lowest BCUT2D eigenvalue weighted by Crippen LogP contribution is -2.30. The van der Waals surface area contributed by atoms with E-state index in [1.54, 1.807) is 18.2 Å². The summed E-state index contributed by atoms with van der Waals surface area (Å²) in [6, 6.07) is 17.8. The van der Waals surface area contributed by atoms with Crippen LogP contribution in [0.3, 0.4) is 0 Å². The van der Waals surface area contributed by atoms with Crippen LogP contribution in [0.2, 0.25) is 0 Å². The zero-order valence-electron chi connectivity index (χ0n) is 13.5. The molecule has 0 aliphatic carbocycles. The number of aromatic nitrogens is 4. The van der Waals surface area contributed by atoms with E-state index in [-0.39, 0.29) is 4.90 Å². The van der Waals surface area contributed by atoms with E-state index < -0.39 is 15.7 Å². The van der Waals surface area contributed by atoms with Crippen molar-refractivity contribution in [3.05, 3.63) is 76.7 Å². The molecule has 0 aliphatic heterocycles. The van der Waals surface area contributed by atoms with Gasteiger partial charge in [0.15, 0.2) is 0 Å². The predicted molar refractivity (Wildman–Crippen MR) is 92.7 cm³/mol. The largest absolute Gasteiger partial charge is 0.378 e. The molecule has 0 bridgehead atoms. The molecule has 130 valence electrons. The van der Waals surface area contributed by atoms with E-state index in [0.717, 1.165) is 17.5 Å². The maximum Gasteiger partial charge on any atom is 0.378 e. The van der Waals surface area contributed by atoms with Crippen molar-refractivity contribution >= 4 is 10.0 Å². The monoisotopic (exact) mass is 358 g/mol. The van der Waals surface area contributed by atoms with Gasteiger partial charge < -0.3 is 0 Å². The Labute approximate surface area is 145 Å². The second-order valence-corrected chi connectivity index (χ2v) is 7.36. The molecule has 0 N–H and O–H groups in total. The molecule has 0 aliphatic rings. The Morgan fingerprint density at radius 2 is 1.48 bits per heavy atom. The van der Waals surface area contributed by atoms with Crippen LogP contribution in [-0.4, -0.2) is 27.6 Å². The fourth-order valence-corrected chi connectivity index (χ4v) is 3.61. The molecule has 3 aromatic rings. The Bertz CT molecular complexity index is 979. The Morgan fingerprint density at radius 1 is 0.840 bits per heavy atom. The summed E-state index contributed by atoms with van der Waals surface area (Å²) >= 11 is 0. The molecule has 7 nitrogen and oxygen atoms in total. The van der Waals surface area contributed by atoms with Crippen molar-refractivity contribution in [3.63, 3.8) is 0 Å². The van der Waals surface area contributed by atoms with Crippen molar-refractivity contribution in [2.24, 2.45) is 0 Å². The molecule has 0 amide bonds. The Kier molecular flexibility index (Phi) is 5.08. The second-order valence-electron chi connectivity index (χ2n) is 5.59. The third-order valence-electron chi connectivity index (χ3n) is 3.81. The van der Waals surface area contributed by atoms with Crippen molar-refractivity contribution in [1.29, 1.82) is 0 Å². The molecule has 1 heterocycles. The molecule has 25 heavy (non-hydrogen) atoms. The number of hydrogen-bond donors (Lipinski definition) is 0. The Morgan fingerprint density at radius 3 is 2.16 bits per heavy atom. The van der Waals surface area contributed by atoms with Crippen LogP contribution >= 0.6 is 0 Å². The highest BCUT2D eigenvalue weighted by Crippen LogP contribution is 2.09. The lowest BCUT2D eigenvalue weighted by atomic mass is 10.1. The topological polar surface area (TPSA) is 86.8 Å². The number of tetrazole rings is 1. The molecule has 0 spiro atoms. The highest BCUT2D eigenvalue weighted by molar-refractivity contribution is 7.89. The van der Waals surface area contributed by atoms with Gasteiger partial charge in [0.25, 0.3) is 10.0 Å². The maximum absolute atomic E-state index is 12.4. The van der Waals surface area contributed by atoms with Gasteiger partial charge in [-0.3, -0.25) is 0 Å². The first-order valence-electron chi connectivity index (χ1n) is 7.96. The molecule has 8 heteroatoms. The maximum atomic E-state index is 12.4. The fourth-order valence-electron chi connectivity index (χ4n) is 2.48. The number of hydrogen-bond acceptors (Lipinski definition) is 5. The zero-order chi connectivity index (χ0) is 17.7. The van der Waals surface area contributed by atoms with Crippen LogP contribution in [0.4, 0.5) is 0 Å². The van der Waals surface area contributed by atoms with E-state index in [9.17, 15) is 13.2 Å². The van der Waals surface area contributed by atoms with Gasteiger partial charge in [-0.25, -0.2) is 4.79 Å². The first kappa shape index (κ1) is 17.1. The van der Waals surface area contributed by atoms with E-state index in [4.69, 9.17) is 0 Å². The molecule has 0 fully saturated rings. The molecule has 0 radical (unpaired) electrons. The minimum absolute atomic E-state index is 0.00762. The van der Waals surface area contributed by atoms with Gasteiger partial charge in [0.1, 0.15) is 0 Å². The average molecular weight is 358 g/mol. The van der Waals surface area contributed by atoms with Crippen LogP contribution in [-0.2, 0) is 23.0 Å². The van der Waals surface area contributed by atoms with Crippen molar-refractivity contribution < 1.29 is 8.42 Å². The lowest BCUT2D eigenvalue weighted by molar-refractivity contribution is 0.529. The molecule has 1 aromatic heterocycles. The predicted octanol–water partition coefficient (Wildman–Crippen LogP) is 1.70. The minimum atomic E-state index is -4.01. The van der Waals surface area contributed by atoms with Gasteiger partial charge in [-0.1, -0.05) is 52.6 Å². The highest BCUT2D eigenvalue weighted by atomic mass is 32.2. The normalized spacial score (nSPS) is 11.5. The Balaban J connectivity index is 1.66. The lowest BCUT2D eigenvalue weighted by Gasteiger charge is -2.02. The summed E-state index contributed by atoms with van der Waals surface area (Å²) in [5.41, 5.74) is 0.480. The number of unbranched alkanes of at least 4 members (excludes halogenated alkanes) is 1. The molecule has 0 saturated heterocycles. The van der Waals surface area contributed by atoms with Crippen molar-refractivity contribution in [3.8, 4) is 0 Å². The van der Waals surface area contributed by atoms with Crippen LogP contribution in [0.1, 0.15) is 18.4 Å². The van der Waals surface area contributed by atoms with Gasteiger partial charge in [0.05, 0.1) is 4.90 Å². The molecular formula is C17H18N4O3S. The average Bonchev–Trinajstić information content (AvgIpc) is 3.02. The minimum Gasteiger partial charge on any atom is -0.243 e. The van der Waals surface area contributed by atoms with E-state index in [1.165, 1.54) is 17.7 Å². The highest BCUT2D eigenvalue weighted by Gasteiger charge is 2.22. The van der Waals surface area contributed by atoms with Gasteiger partial charge in [0, 0.05) is 6.54 Å². The van der Waals surface area contributed by atoms with E-state index in [2.05, 4.69) is 22.6 Å². The van der Waals surface area contributed by atoms with Gasteiger partial charge in [0.2, 0.25) is 0 Å². The van der Waals surface area contributed by atoms with Crippen molar-refractivity contribution in [2.75, 3.05) is 0 Å². The van der Waals surface area contributed by atoms with Crippen LogP contribution in [0.5, 0.6) is 0 Å². The first-order valence-corrected chi connectivity index (χ1v) is 9.40. The summed E-state index contributed by atoms with van der Waals surface area (Å²) in [5.74, 6) is 0. The SMILES string of the molecule is O=c1n(CCCCc2ccccc2)nnn1S(=O)(=O)c1ccccc1. The summed E-state index contributed by atoms with van der Waals surface area (Å²) in [7, 11) is -4.01. The second kappa shape index (κ2) is 7.43. The number of benzene rings is 2. The van der Waals surface area contributed by atoms with Crippen LogP contribution in [0, 0.1) is 0 Å². The molecule has 0 unspecified atom stereocenters. The van der Waals surface area contributed by atoms with E-state index in [1.807, 2.05) is 18.2 Å². The number of rotatable bonds is 7. The van der Waals surface area contributed by atoms with E-state index in [0.29, 0.717) is 17.1 Å². The third kappa shape index (κ3) is 3.85. The van der Waals surface area contributed by atoms with Crippen molar-refractivity contribution in [2.45, 2.75) is 30.7 Å². The van der Waals surface area contributed by atoms with Crippen LogP contribution in [0.25, 0.3) is 0 Å². The van der Waals surface area contributed by atoms with Gasteiger partial charge in [-0.05, 0) is 47.4 Å². The van der Waals surface area contributed by atoms with Crippen LogP contribution < -0.4 is 5.69 Å². The van der Waals surface area contributed by atoms with Gasteiger partial charge in [-0.15, -0.1) is 0 Å². The van der Waals surface area contributed by atoms with Crippen molar-refractivity contribution in [1.82, 2.24) is 19.2 Å². The molecular weight excluding hydrogens is 340 g/mol. The summed E-state index contributed by atoms with van der Waals surface area (Å²) < 4.78 is 26.4. The van der Waals surface area contributed by atoms with Gasteiger partial charge >= 0.3 is 5.69 Å². The summed E-state index contributed by atoms with van der Waals surface area (Å²) in [4.78, 5) is 12.3. The number of nitrogens with zero attached hydrogens (tertiary/aromatic N) is 4. The first-order chi connectivity index (χ1) is 12.1. The van der Waals surface area contributed by atoms with Gasteiger partial charge in [-0.2, -0.15) is 13.1 Å². The summed E-state index contributed by atoms with van der Waals surface area (Å²) in [6.07, 6.45) is 2.47. The van der Waals surface area contributed by atoms with Crippen LogP contribution in [0.15, 0.2) is 70.4 Å². The smallest absolute Gasteiger partial charge is 0.243 e. The zero-order valence-corrected chi connectivity index (χ0v) is 14.3. The Hall–Kier alpha value is -2.74. The fraction of sp³-hybridized carbons (Fsp3) is 0.235. The molecule has 2 aromatic carbocycles. The number of aryl methyl sites for hydroxylation is 2. The van der Waals surface area contributed by atoms with E-state index >= 15 is 0 Å². The third-order valence-corrected chi connectivity index (χ3v) is 5.36.